The fourth-order valence-electron chi connectivity index (χ4n) is 3.19. The van der Waals surface area contributed by atoms with Crippen LogP contribution in [0.2, 0.25) is 0 Å². The normalized spacial score (nSPS) is 16.0. The third kappa shape index (κ3) is 5.66. The number of nitrogens with one attached hydrogen (secondary N) is 1. The molecule has 0 spiro atoms. The molecule has 1 aliphatic rings. The van der Waals surface area contributed by atoms with Crippen molar-refractivity contribution in [2.75, 3.05) is 38.0 Å². The smallest absolute Gasteiger partial charge is 0.238 e. The van der Waals surface area contributed by atoms with E-state index in [2.05, 4.69) is 51.0 Å². The van der Waals surface area contributed by atoms with Crippen LogP contribution < -0.4 is 5.32 Å². The number of benzene rings is 1. The van der Waals surface area contributed by atoms with E-state index in [9.17, 15) is 4.79 Å². The molecule has 1 fully saturated rings. The Labute approximate surface area is 154 Å². The lowest BCUT2D eigenvalue weighted by atomic mass is 10.1. The van der Waals surface area contributed by atoms with Crippen molar-refractivity contribution in [2.24, 2.45) is 0 Å². The zero-order valence-corrected chi connectivity index (χ0v) is 15.7. The van der Waals surface area contributed by atoms with Crippen molar-refractivity contribution < 1.29 is 4.79 Å². The molecule has 4 nitrogen and oxygen atoms in total. The molecule has 1 aromatic heterocycles. The van der Waals surface area contributed by atoms with Gasteiger partial charge in [-0.15, -0.1) is 0 Å². The minimum Gasteiger partial charge on any atom is -0.325 e. The first-order chi connectivity index (χ1) is 12.2. The first kappa shape index (κ1) is 18.1. The largest absolute Gasteiger partial charge is 0.325 e. The van der Waals surface area contributed by atoms with E-state index in [4.69, 9.17) is 0 Å². The molecule has 2 aromatic rings. The van der Waals surface area contributed by atoms with Crippen molar-refractivity contribution in [3.8, 4) is 0 Å². The third-order valence-electron chi connectivity index (χ3n) is 4.59. The quantitative estimate of drug-likeness (QED) is 0.824. The van der Waals surface area contributed by atoms with Gasteiger partial charge in [-0.1, -0.05) is 25.5 Å². The second-order valence-electron chi connectivity index (χ2n) is 6.68. The molecule has 1 saturated heterocycles. The molecule has 3 rings (SSSR count). The van der Waals surface area contributed by atoms with Crippen LogP contribution in [-0.2, 0) is 17.8 Å². The average Bonchev–Trinajstić information content (AvgIpc) is 3.12. The second-order valence-corrected chi connectivity index (χ2v) is 7.46. The Bertz CT molecular complexity index is 646. The summed E-state index contributed by atoms with van der Waals surface area (Å²) in [6, 6.07) is 10.4. The summed E-state index contributed by atoms with van der Waals surface area (Å²) < 4.78 is 0. The summed E-state index contributed by atoms with van der Waals surface area (Å²) in [5, 5.41) is 7.36. The Morgan fingerprint density at radius 3 is 2.40 bits per heavy atom. The van der Waals surface area contributed by atoms with E-state index >= 15 is 0 Å². The zero-order valence-electron chi connectivity index (χ0n) is 14.9. The number of aryl methyl sites for hydroxylation is 1. The molecule has 2 heterocycles. The molecule has 0 aliphatic carbocycles. The van der Waals surface area contributed by atoms with Crippen LogP contribution in [0.3, 0.4) is 0 Å². The van der Waals surface area contributed by atoms with Gasteiger partial charge in [0, 0.05) is 38.4 Å². The van der Waals surface area contributed by atoms with Gasteiger partial charge in [0.15, 0.2) is 0 Å². The molecule has 1 aromatic carbocycles. The number of carbonyl (C=O) groups excluding carboxylic acids is 1. The Kier molecular flexibility index (Phi) is 6.62. The summed E-state index contributed by atoms with van der Waals surface area (Å²) in [5.74, 6) is 0.0783. The van der Waals surface area contributed by atoms with E-state index in [-0.39, 0.29) is 5.91 Å². The highest BCUT2D eigenvalue weighted by molar-refractivity contribution is 7.07. The van der Waals surface area contributed by atoms with E-state index in [0.29, 0.717) is 6.54 Å². The number of nitrogens with zero attached hydrogens (tertiary/aromatic N) is 2. The van der Waals surface area contributed by atoms with Gasteiger partial charge in [0.05, 0.1) is 6.54 Å². The topological polar surface area (TPSA) is 35.6 Å². The molecule has 0 radical (unpaired) electrons. The van der Waals surface area contributed by atoms with Crippen LogP contribution in [0.1, 0.15) is 24.5 Å². The first-order valence-corrected chi connectivity index (χ1v) is 10.0. The lowest BCUT2D eigenvalue weighted by Crippen LogP contribution is -2.48. The van der Waals surface area contributed by atoms with Gasteiger partial charge in [0.1, 0.15) is 0 Å². The summed E-state index contributed by atoms with van der Waals surface area (Å²) in [6.45, 7) is 7.62. The monoisotopic (exact) mass is 357 g/mol. The number of piperazine rings is 1. The molecule has 0 unspecified atom stereocenters. The first-order valence-electron chi connectivity index (χ1n) is 9.07. The zero-order chi connectivity index (χ0) is 17.5. The van der Waals surface area contributed by atoms with Gasteiger partial charge in [-0.05, 0) is 46.5 Å². The van der Waals surface area contributed by atoms with Gasteiger partial charge >= 0.3 is 0 Å². The molecule has 25 heavy (non-hydrogen) atoms. The molecule has 1 N–H and O–H groups in total. The predicted octanol–water partition coefficient (Wildman–Crippen LogP) is 3.46. The molecule has 1 aliphatic heterocycles. The fourth-order valence-corrected chi connectivity index (χ4v) is 3.85. The lowest BCUT2D eigenvalue weighted by Gasteiger charge is -2.34. The highest BCUT2D eigenvalue weighted by Crippen LogP contribution is 2.13. The van der Waals surface area contributed by atoms with E-state index < -0.39 is 0 Å². The van der Waals surface area contributed by atoms with Gasteiger partial charge in [-0.3, -0.25) is 14.6 Å². The summed E-state index contributed by atoms with van der Waals surface area (Å²) in [6.07, 6.45) is 2.23. The Balaban J connectivity index is 1.40. The van der Waals surface area contributed by atoms with E-state index in [1.807, 2.05) is 12.1 Å². The fraction of sp³-hybridized carbons (Fsp3) is 0.450. The van der Waals surface area contributed by atoms with E-state index in [1.165, 1.54) is 11.1 Å². The maximum Gasteiger partial charge on any atom is 0.238 e. The maximum atomic E-state index is 12.3. The Morgan fingerprint density at radius 1 is 1.04 bits per heavy atom. The van der Waals surface area contributed by atoms with E-state index in [0.717, 1.165) is 51.3 Å². The molecular formula is C20H27N3OS. The lowest BCUT2D eigenvalue weighted by molar-refractivity contribution is -0.117. The molecule has 1 amide bonds. The van der Waals surface area contributed by atoms with Crippen molar-refractivity contribution in [2.45, 2.75) is 26.3 Å². The maximum absolute atomic E-state index is 12.3. The molecule has 0 bridgehead atoms. The van der Waals surface area contributed by atoms with Crippen LogP contribution >= 0.6 is 11.3 Å². The summed E-state index contributed by atoms with van der Waals surface area (Å²) in [7, 11) is 0. The average molecular weight is 358 g/mol. The summed E-state index contributed by atoms with van der Waals surface area (Å²) >= 11 is 1.75. The van der Waals surface area contributed by atoms with Gasteiger partial charge in [0.25, 0.3) is 0 Å². The number of thiophene rings is 1. The van der Waals surface area contributed by atoms with Crippen molar-refractivity contribution >= 4 is 22.9 Å². The van der Waals surface area contributed by atoms with Gasteiger partial charge < -0.3 is 5.32 Å². The standard InChI is InChI=1S/C20H27N3OS/c1-2-3-17-4-6-19(7-5-17)21-20(24)15-23-11-9-22(10-12-23)14-18-8-13-25-16-18/h4-8,13,16H,2-3,9-12,14-15H2,1H3,(H,21,24). The summed E-state index contributed by atoms with van der Waals surface area (Å²) in [5.41, 5.74) is 3.60. The van der Waals surface area contributed by atoms with E-state index in [1.54, 1.807) is 11.3 Å². The Morgan fingerprint density at radius 2 is 1.76 bits per heavy atom. The van der Waals surface area contributed by atoms with Gasteiger partial charge in [-0.25, -0.2) is 0 Å². The molecule has 134 valence electrons. The van der Waals surface area contributed by atoms with Gasteiger partial charge in [-0.2, -0.15) is 11.3 Å². The van der Waals surface area contributed by atoms with Crippen molar-refractivity contribution in [3.05, 3.63) is 52.2 Å². The molecule has 0 atom stereocenters. The minimum absolute atomic E-state index is 0.0783. The second kappa shape index (κ2) is 9.13. The van der Waals surface area contributed by atoms with Crippen molar-refractivity contribution in [1.82, 2.24) is 9.80 Å². The van der Waals surface area contributed by atoms with Crippen LogP contribution in [0, 0.1) is 0 Å². The summed E-state index contributed by atoms with van der Waals surface area (Å²) in [4.78, 5) is 17.0. The number of hydrogen-bond donors (Lipinski definition) is 1. The predicted molar refractivity (Wildman–Crippen MR) is 105 cm³/mol. The molecular weight excluding hydrogens is 330 g/mol. The van der Waals surface area contributed by atoms with Gasteiger partial charge in [0.2, 0.25) is 5.91 Å². The van der Waals surface area contributed by atoms with Crippen LogP contribution in [0.25, 0.3) is 0 Å². The number of hydrogen-bond acceptors (Lipinski definition) is 4. The number of amides is 1. The highest BCUT2D eigenvalue weighted by atomic mass is 32.1. The van der Waals surface area contributed by atoms with Crippen LogP contribution in [0.15, 0.2) is 41.1 Å². The van der Waals surface area contributed by atoms with Crippen LogP contribution in [0.5, 0.6) is 0 Å². The third-order valence-corrected chi connectivity index (χ3v) is 5.33. The number of rotatable bonds is 7. The minimum atomic E-state index is 0.0783. The van der Waals surface area contributed by atoms with Crippen molar-refractivity contribution in [3.63, 3.8) is 0 Å². The number of carbonyl (C=O) groups is 1. The van der Waals surface area contributed by atoms with Crippen molar-refractivity contribution in [1.29, 1.82) is 0 Å². The van der Waals surface area contributed by atoms with Crippen LogP contribution in [-0.4, -0.2) is 48.4 Å². The SMILES string of the molecule is CCCc1ccc(NC(=O)CN2CCN(Cc3ccsc3)CC2)cc1. The molecule has 5 heteroatoms. The molecule has 0 saturated carbocycles. The van der Waals surface area contributed by atoms with Crippen LogP contribution in [0.4, 0.5) is 5.69 Å². The highest BCUT2D eigenvalue weighted by Gasteiger charge is 2.19. The Hall–Kier alpha value is -1.69. The number of anilines is 1.